The Hall–Kier alpha value is -1.53. The zero-order valence-electron chi connectivity index (χ0n) is 16.9. The maximum Gasteiger partial charge on any atom is 0.180 e. The molecule has 1 N–H and O–H groups in total. The van der Waals surface area contributed by atoms with E-state index in [2.05, 4.69) is 12.2 Å². The van der Waals surface area contributed by atoms with E-state index in [1.54, 1.807) is 19.2 Å². The highest BCUT2D eigenvalue weighted by molar-refractivity contribution is 6.32. The number of rotatable bonds is 13. The third-order valence-electron chi connectivity index (χ3n) is 4.33. The largest absolute Gasteiger partial charge is 0.493 e. The second-order valence-corrected chi connectivity index (χ2v) is 7.41. The molecule has 0 fully saturated rings. The molecule has 0 spiro atoms. The Morgan fingerprint density at radius 1 is 1.07 bits per heavy atom. The van der Waals surface area contributed by atoms with Crippen molar-refractivity contribution < 1.29 is 18.6 Å². The van der Waals surface area contributed by atoms with Gasteiger partial charge in [-0.1, -0.05) is 42.6 Å². The molecule has 160 valence electrons. The van der Waals surface area contributed by atoms with Crippen LogP contribution < -0.4 is 14.8 Å². The van der Waals surface area contributed by atoms with Crippen LogP contribution in [0.1, 0.15) is 37.3 Å². The van der Waals surface area contributed by atoms with Crippen molar-refractivity contribution in [2.75, 3.05) is 26.9 Å². The highest BCUT2D eigenvalue weighted by atomic mass is 35.5. The molecular formula is C22H28Cl2FNO3. The number of halogens is 3. The first-order chi connectivity index (χ1) is 14.1. The topological polar surface area (TPSA) is 39.7 Å². The number of methoxy groups -OCH3 is 1. The minimum absolute atomic E-state index is 0.0444. The summed E-state index contributed by atoms with van der Waals surface area (Å²) in [6.45, 7) is 5.17. The molecule has 0 aliphatic carbocycles. The van der Waals surface area contributed by atoms with Gasteiger partial charge in [0.1, 0.15) is 12.4 Å². The minimum atomic E-state index is -0.424. The summed E-state index contributed by atoms with van der Waals surface area (Å²) in [5, 5.41) is 4.07. The predicted molar refractivity (Wildman–Crippen MR) is 116 cm³/mol. The average molecular weight is 444 g/mol. The molecule has 29 heavy (non-hydrogen) atoms. The van der Waals surface area contributed by atoms with Gasteiger partial charge in [0.05, 0.1) is 17.2 Å². The summed E-state index contributed by atoms with van der Waals surface area (Å²) in [7, 11) is 1.54. The molecule has 0 saturated heterocycles. The summed E-state index contributed by atoms with van der Waals surface area (Å²) in [5.74, 6) is 0.429. The van der Waals surface area contributed by atoms with Crippen LogP contribution in [0.25, 0.3) is 0 Å². The number of hydrogen-bond acceptors (Lipinski definition) is 4. The van der Waals surface area contributed by atoms with Crippen molar-refractivity contribution in [1.82, 2.24) is 5.32 Å². The van der Waals surface area contributed by atoms with Crippen LogP contribution in [-0.2, 0) is 17.9 Å². The van der Waals surface area contributed by atoms with Gasteiger partial charge in [0.25, 0.3) is 0 Å². The fourth-order valence-corrected chi connectivity index (χ4v) is 3.22. The summed E-state index contributed by atoms with van der Waals surface area (Å²) >= 11 is 12.4. The van der Waals surface area contributed by atoms with Crippen molar-refractivity contribution >= 4 is 23.2 Å². The Morgan fingerprint density at radius 3 is 2.59 bits per heavy atom. The van der Waals surface area contributed by atoms with E-state index in [-0.39, 0.29) is 12.2 Å². The molecule has 7 heteroatoms. The molecule has 2 aromatic rings. The van der Waals surface area contributed by atoms with E-state index in [1.807, 2.05) is 12.1 Å². The molecule has 0 bridgehead atoms. The fraction of sp³-hybridized carbons (Fsp3) is 0.455. The zero-order chi connectivity index (χ0) is 21.1. The molecule has 2 aromatic carbocycles. The summed E-state index contributed by atoms with van der Waals surface area (Å²) in [4.78, 5) is 0. The second kappa shape index (κ2) is 12.9. The van der Waals surface area contributed by atoms with Crippen LogP contribution >= 0.6 is 23.2 Å². The Balaban J connectivity index is 1.90. The Morgan fingerprint density at radius 2 is 1.86 bits per heavy atom. The van der Waals surface area contributed by atoms with E-state index in [0.29, 0.717) is 28.1 Å². The van der Waals surface area contributed by atoms with Crippen LogP contribution in [0.15, 0.2) is 30.3 Å². The van der Waals surface area contributed by atoms with Crippen LogP contribution in [0.5, 0.6) is 11.5 Å². The molecule has 4 nitrogen and oxygen atoms in total. The molecule has 2 rings (SSSR count). The zero-order valence-corrected chi connectivity index (χ0v) is 18.4. The fourth-order valence-electron chi connectivity index (χ4n) is 2.71. The summed E-state index contributed by atoms with van der Waals surface area (Å²) < 4.78 is 30.6. The van der Waals surface area contributed by atoms with Gasteiger partial charge in [-0.3, -0.25) is 0 Å². The van der Waals surface area contributed by atoms with E-state index >= 15 is 0 Å². The van der Waals surface area contributed by atoms with E-state index in [0.717, 1.165) is 44.6 Å². The van der Waals surface area contributed by atoms with Crippen molar-refractivity contribution in [2.24, 2.45) is 0 Å². The third-order valence-corrected chi connectivity index (χ3v) is 4.96. The minimum Gasteiger partial charge on any atom is -0.493 e. The van der Waals surface area contributed by atoms with Gasteiger partial charge in [-0.05, 0) is 49.2 Å². The smallest absolute Gasteiger partial charge is 0.180 e. The SMILES string of the molecule is CCCCOCCCNCc1cc(Cl)c(OCc2c(F)cccc2Cl)c(OC)c1. The van der Waals surface area contributed by atoms with Crippen LogP contribution in [0.3, 0.4) is 0 Å². The average Bonchev–Trinajstić information content (AvgIpc) is 2.70. The molecule has 0 aromatic heterocycles. The lowest BCUT2D eigenvalue weighted by Crippen LogP contribution is -2.16. The van der Waals surface area contributed by atoms with Gasteiger partial charge < -0.3 is 19.5 Å². The second-order valence-electron chi connectivity index (χ2n) is 6.59. The van der Waals surface area contributed by atoms with Gasteiger partial charge in [0.2, 0.25) is 0 Å². The first-order valence-electron chi connectivity index (χ1n) is 9.77. The van der Waals surface area contributed by atoms with Gasteiger partial charge in [0.15, 0.2) is 11.5 Å². The van der Waals surface area contributed by atoms with E-state index < -0.39 is 5.82 Å². The molecule has 0 aliphatic rings. The number of unbranched alkanes of at least 4 members (excludes halogenated alkanes) is 1. The van der Waals surface area contributed by atoms with Crippen LogP contribution in [0.2, 0.25) is 10.0 Å². The quantitative estimate of drug-likeness (QED) is 0.384. The van der Waals surface area contributed by atoms with Crippen LogP contribution in [0.4, 0.5) is 4.39 Å². The van der Waals surface area contributed by atoms with Crippen molar-refractivity contribution in [1.29, 1.82) is 0 Å². The van der Waals surface area contributed by atoms with E-state index in [4.69, 9.17) is 37.4 Å². The molecule has 0 atom stereocenters. The molecule has 0 aliphatic heterocycles. The first-order valence-corrected chi connectivity index (χ1v) is 10.5. The third kappa shape index (κ3) is 7.67. The van der Waals surface area contributed by atoms with Gasteiger partial charge in [-0.2, -0.15) is 0 Å². The van der Waals surface area contributed by atoms with Crippen molar-refractivity contribution in [3.63, 3.8) is 0 Å². The summed E-state index contributed by atoms with van der Waals surface area (Å²) in [6, 6.07) is 8.18. The number of ether oxygens (including phenoxy) is 3. The molecule has 0 saturated carbocycles. The Kier molecular flexibility index (Phi) is 10.6. The lowest BCUT2D eigenvalue weighted by atomic mass is 10.2. The molecule has 0 radical (unpaired) electrons. The van der Waals surface area contributed by atoms with Crippen LogP contribution in [0, 0.1) is 5.82 Å². The maximum atomic E-state index is 13.9. The lowest BCUT2D eigenvalue weighted by molar-refractivity contribution is 0.129. The lowest BCUT2D eigenvalue weighted by Gasteiger charge is -2.15. The highest BCUT2D eigenvalue weighted by Crippen LogP contribution is 2.37. The van der Waals surface area contributed by atoms with Gasteiger partial charge >= 0.3 is 0 Å². The molecule has 0 amide bonds. The van der Waals surface area contributed by atoms with Crippen molar-refractivity contribution in [2.45, 2.75) is 39.3 Å². The van der Waals surface area contributed by atoms with E-state index in [1.165, 1.54) is 6.07 Å². The van der Waals surface area contributed by atoms with Crippen LogP contribution in [-0.4, -0.2) is 26.9 Å². The van der Waals surface area contributed by atoms with Gasteiger partial charge in [0, 0.05) is 25.3 Å². The Labute approximate surface area is 182 Å². The summed E-state index contributed by atoms with van der Waals surface area (Å²) in [6.07, 6.45) is 3.19. The monoisotopic (exact) mass is 443 g/mol. The number of benzene rings is 2. The normalized spacial score (nSPS) is 10.9. The first kappa shape index (κ1) is 23.7. The number of hydrogen-bond donors (Lipinski definition) is 1. The van der Waals surface area contributed by atoms with Crippen molar-refractivity contribution in [3.05, 3.63) is 57.3 Å². The maximum absolute atomic E-state index is 13.9. The molecule has 0 heterocycles. The molecular weight excluding hydrogens is 416 g/mol. The Bertz CT molecular complexity index is 754. The number of nitrogens with one attached hydrogen (secondary N) is 1. The predicted octanol–water partition coefficient (Wildman–Crippen LogP) is 6.02. The highest BCUT2D eigenvalue weighted by Gasteiger charge is 2.14. The summed E-state index contributed by atoms with van der Waals surface area (Å²) in [5.41, 5.74) is 1.24. The standard InChI is InChI=1S/C22H28Cl2FNO3/c1-3-4-10-28-11-6-9-26-14-16-12-19(24)22(21(13-16)27-2)29-15-17-18(23)7-5-8-20(17)25/h5,7-8,12-13,26H,3-4,6,9-11,14-15H2,1-2H3. The van der Waals surface area contributed by atoms with Gasteiger partial charge in [-0.15, -0.1) is 0 Å². The van der Waals surface area contributed by atoms with E-state index in [9.17, 15) is 4.39 Å². The van der Waals surface area contributed by atoms with Crippen molar-refractivity contribution in [3.8, 4) is 11.5 Å². The van der Waals surface area contributed by atoms with Gasteiger partial charge in [-0.25, -0.2) is 4.39 Å². The molecule has 0 unspecified atom stereocenters.